The van der Waals surface area contributed by atoms with Gasteiger partial charge >= 0.3 is 0 Å². The third kappa shape index (κ3) is 3.82. The van der Waals surface area contributed by atoms with Gasteiger partial charge in [-0.1, -0.05) is 0 Å². The van der Waals surface area contributed by atoms with Crippen molar-refractivity contribution in [1.29, 1.82) is 0 Å². The molecule has 136 valence electrons. The molecule has 3 N–H and O–H groups in total. The number of anilines is 2. The van der Waals surface area contributed by atoms with Crippen molar-refractivity contribution in [2.24, 2.45) is 0 Å². The molecule has 2 aromatic rings. The molecular weight excluding hydrogens is 348 g/mol. The van der Waals surface area contributed by atoms with Gasteiger partial charge in [0.05, 0.1) is 44.7 Å². The maximum absolute atomic E-state index is 12.7. The van der Waals surface area contributed by atoms with E-state index in [4.69, 9.17) is 24.7 Å². The maximum Gasteiger partial charge on any atom is 0.262 e. The summed E-state index contributed by atoms with van der Waals surface area (Å²) < 4.78 is 48.4. The second-order valence-corrected chi connectivity index (χ2v) is 6.61. The smallest absolute Gasteiger partial charge is 0.262 e. The molecule has 0 aliphatic rings. The van der Waals surface area contributed by atoms with E-state index in [1.807, 2.05) is 0 Å². The van der Waals surface area contributed by atoms with Crippen molar-refractivity contribution >= 4 is 21.4 Å². The molecule has 0 heterocycles. The Morgan fingerprint density at radius 1 is 0.840 bits per heavy atom. The van der Waals surface area contributed by atoms with E-state index in [1.54, 1.807) is 12.1 Å². The largest absolute Gasteiger partial charge is 0.495 e. The van der Waals surface area contributed by atoms with E-state index in [-0.39, 0.29) is 16.4 Å². The van der Waals surface area contributed by atoms with Gasteiger partial charge in [-0.05, 0) is 18.2 Å². The van der Waals surface area contributed by atoms with Crippen LogP contribution >= 0.6 is 0 Å². The number of nitrogens with two attached hydrogens (primary N) is 1. The Balaban J connectivity index is 2.44. The first-order valence-corrected chi connectivity index (χ1v) is 8.61. The van der Waals surface area contributed by atoms with Crippen LogP contribution in [0.15, 0.2) is 35.2 Å². The van der Waals surface area contributed by atoms with Crippen molar-refractivity contribution in [3.05, 3.63) is 30.3 Å². The number of benzene rings is 2. The lowest BCUT2D eigenvalue weighted by Crippen LogP contribution is -2.14. The Morgan fingerprint density at radius 2 is 1.40 bits per heavy atom. The number of methoxy groups -OCH3 is 4. The first-order chi connectivity index (χ1) is 11.9. The predicted octanol–water partition coefficient (Wildman–Crippen LogP) is 2.10. The van der Waals surface area contributed by atoms with Crippen molar-refractivity contribution in [1.82, 2.24) is 0 Å². The minimum atomic E-state index is -3.90. The number of nitrogen functional groups attached to an aromatic ring is 1. The summed E-state index contributed by atoms with van der Waals surface area (Å²) in [6.07, 6.45) is 0. The monoisotopic (exact) mass is 368 g/mol. The van der Waals surface area contributed by atoms with Gasteiger partial charge in [0, 0.05) is 12.1 Å². The Kier molecular flexibility index (Phi) is 5.48. The van der Waals surface area contributed by atoms with E-state index in [0.717, 1.165) is 0 Å². The van der Waals surface area contributed by atoms with Gasteiger partial charge in [-0.25, -0.2) is 8.42 Å². The Labute approximate surface area is 146 Å². The molecule has 0 atom stereocenters. The fourth-order valence-electron chi connectivity index (χ4n) is 2.22. The molecule has 0 saturated heterocycles. The van der Waals surface area contributed by atoms with Gasteiger partial charge in [-0.2, -0.15) is 0 Å². The van der Waals surface area contributed by atoms with Crippen molar-refractivity contribution in [3.8, 4) is 23.0 Å². The highest BCUT2D eigenvalue weighted by atomic mass is 32.2. The van der Waals surface area contributed by atoms with E-state index >= 15 is 0 Å². The lowest BCUT2D eigenvalue weighted by atomic mass is 10.2. The molecular formula is C16H20N2O6S. The van der Waals surface area contributed by atoms with Gasteiger partial charge in [0.1, 0.15) is 5.75 Å². The second kappa shape index (κ2) is 7.39. The molecule has 0 spiro atoms. The molecule has 2 aromatic carbocycles. The van der Waals surface area contributed by atoms with Crippen molar-refractivity contribution in [3.63, 3.8) is 0 Å². The summed E-state index contributed by atoms with van der Waals surface area (Å²) in [5.74, 6) is 1.22. The van der Waals surface area contributed by atoms with Crippen LogP contribution in [0, 0.1) is 0 Å². The molecule has 0 bridgehead atoms. The van der Waals surface area contributed by atoms with E-state index in [2.05, 4.69) is 4.72 Å². The molecule has 8 nitrogen and oxygen atoms in total. The lowest BCUT2D eigenvalue weighted by molar-refractivity contribution is 0.323. The fourth-order valence-corrected chi connectivity index (χ4v) is 3.30. The summed E-state index contributed by atoms with van der Waals surface area (Å²) in [6.45, 7) is 0. The standard InChI is InChI=1S/C16H20N2O6S/c1-21-13-6-5-10(7-12(13)17)18-25(19,20)11-8-14(22-2)16(24-4)15(9-11)23-3/h5-9,18H,17H2,1-4H3. The van der Waals surface area contributed by atoms with Gasteiger partial charge in [-0.3, -0.25) is 4.72 Å². The Bertz CT molecular complexity index is 842. The average molecular weight is 368 g/mol. The predicted molar refractivity (Wildman–Crippen MR) is 94.3 cm³/mol. The quantitative estimate of drug-likeness (QED) is 0.720. The molecule has 9 heteroatoms. The molecule has 0 unspecified atom stereocenters. The maximum atomic E-state index is 12.7. The van der Waals surface area contributed by atoms with Crippen LogP contribution in [0.25, 0.3) is 0 Å². The fraction of sp³-hybridized carbons (Fsp3) is 0.250. The van der Waals surface area contributed by atoms with Crippen molar-refractivity contribution in [2.45, 2.75) is 4.90 Å². The molecule has 0 saturated carbocycles. The molecule has 0 radical (unpaired) electrons. The SMILES string of the molecule is COc1ccc(NS(=O)(=O)c2cc(OC)c(OC)c(OC)c2)cc1N. The zero-order chi connectivity index (χ0) is 18.6. The molecule has 25 heavy (non-hydrogen) atoms. The van der Waals surface area contributed by atoms with E-state index < -0.39 is 10.0 Å². The van der Waals surface area contributed by atoms with E-state index in [1.165, 1.54) is 46.6 Å². The van der Waals surface area contributed by atoms with Crippen LogP contribution in [-0.2, 0) is 10.0 Å². The van der Waals surface area contributed by atoms with Gasteiger partial charge in [-0.15, -0.1) is 0 Å². The van der Waals surface area contributed by atoms with Gasteiger partial charge in [0.2, 0.25) is 5.75 Å². The molecule has 2 rings (SSSR count). The average Bonchev–Trinajstić information content (AvgIpc) is 2.60. The van der Waals surface area contributed by atoms with Crippen molar-refractivity contribution < 1.29 is 27.4 Å². The number of sulfonamides is 1. The molecule has 0 amide bonds. The minimum absolute atomic E-state index is 0.0450. The zero-order valence-corrected chi connectivity index (χ0v) is 15.1. The number of hydrogen-bond acceptors (Lipinski definition) is 7. The molecule has 0 aliphatic heterocycles. The molecule has 0 aliphatic carbocycles. The Hall–Kier alpha value is -2.81. The highest BCUT2D eigenvalue weighted by molar-refractivity contribution is 7.92. The minimum Gasteiger partial charge on any atom is -0.495 e. The van der Waals surface area contributed by atoms with Crippen molar-refractivity contribution in [2.75, 3.05) is 38.9 Å². The number of rotatable bonds is 7. The second-order valence-electron chi connectivity index (χ2n) is 4.92. The normalized spacial score (nSPS) is 10.9. The Morgan fingerprint density at radius 3 is 1.84 bits per heavy atom. The van der Waals surface area contributed by atoms with Gasteiger partial charge < -0.3 is 24.7 Å². The summed E-state index contributed by atoms with van der Waals surface area (Å²) in [7, 11) is 1.83. The molecule has 0 aromatic heterocycles. The number of hydrogen-bond donors (Lipinski definition) is 2. The van der Waals surface area contributed by atoms with Crippen LogP contribution in [0.3, 0.4) is 0 Å². The zero-order valence-electron chi connectivity index (χ0n) is 14.3. The van der Waals surface area contributed by atoms with Gasteiger partial charge in [0.15, 0.2) is 11.5 Å². The highest BCUT2D eigenvalue weighted by Gasteiger charge is 2.21. The molecule has 0 fully saturated rings. The summed E-state index contributed by atoms with van der Waals surface area (Å²) in [5.41, 5.74) is 6.41. The topological polar surface area (TPSA) is 109 Å². The van der Waals surface area contributed by atoms with E-state index in [0.29, 0.717) is 22.9 Å². The highest BCUT2D eigenvalue weighted by Crippen LogP contribution is 2.39. The van der Waals surface area contributed by atoms with Crippen LogP contribution in [0.4, 0.5) is 11.4 Å². The lowest BCUT2D eigenvalue weighted by Gasteiger charge is -2.15. The summed E-state index contributed by atoms with van der Waals surface area (Å²) in [6, 6.07) is 7.27. The number of ether oxygens (including phenoxy) is 4. The first kappa shape index (κ1) is 18.5. The summed E-state index contributed by atoms with van der Waals surface area (Å²) in [5, 5.41) is 0. The van der Waals surface area contributed by atoms with Crippen LogP contribution in [0.1, 0.15) is 0 Å². The number of nitrogens with one attached hydrogen (secondary N) is 1. The summed E-state index contributed by atoms with van der Waals surface area (Å²) >= 11 is 0. The summed E-state index contributed by atoms with van der Waals surface area (Å²) in [4.78, 5) is -0.0450. The van der Waals surface area contributed by atoms with Crippen LogP contribution in [0.5, 0.6) is 23.0 Å². The van der Waals surface area contributed by atoms with Crippen LogP contribution in [-0.4, -0.2) is 36.9 Å². The first-order valence-electron chi connectivity index (χ1n) is 7.12. The van der Waals surface area contributed by atoms with Gasteiger partial charge in [0.25, 0.3) is 10.0 Å². The van der Waals surface area contributed by atoms with Crippen LogP contribution in [0.2, 0.25) is 0 Å². The third-order valence-electron chi connectivity index (χ3n) is 3.43. The third-order valence-corrected chi connectivity index (χ3v) is 4.79. The van der Waals surface area contributed by atoms with Crippen LogP contribution < -0.4 is 29.4 Å². The van der Waals surface area contributed by atoms with E-state index in [9.17, 15) is 8.42 Å².